The molecule has 7 atom stereocenters. The van der Waals surface area contributed by atoms with Gasteiger partial charge in [-0.2, -0.15) is 0 Å². The Labute approximate surface area is 219 Å². The standard InChI is InChI=1S/C23H41ClFN5O5S/c1-14-6-7-30(22(32)35-23(2,3)4)10-16(14)12-36(33,34)28-27-21(31)17-8-15(9-18(24)20(17)25)19-11-29(5)13-26-19/h14-20,26,28H,6-13H2,1-5H3,(H,27,31). The van der Waals surface area contributed by atoms with E-state index in [9.17, 15) is 22.4 Å². The van der Waals surface area contributed by atoms with Gasteiger partial charge in [-0.3, -0.25) is 20.4 Å². The van der Waals surface area contributed by atoms with E-state index in [1.165, 1.54) is 4.90 Å². The lowest BCUT2D eigenvalue weighted by Gasteiger charge is -2.38. The summed E-state index contributed by atoms with van der Waals surface area (Å²) in [5.41, 5.74) is 1.57. The summed E-state index contributed by atoms with van der Waals surface area (Å²) >= 11 is 6.25. The number of carbonyl (C=O) groups is 2. The van der Waals surface area contributed by atoms with Gasteiger partial charge in [0.15, 0.2) is 0 Å². The largest absolute Gasteiger partial charge is 0.444 e. The fourth-order valence-corrected chi connectivity index (χ4v) is 7.00. The van der Waals surface area contributed by atoms with Crippen molar-refractivity contribution in [3.63, 3.8) is 0 Å². The molecule has 1 saturated carbocycles. The monoisotopic (exact) mass is 553 g/mol. The minimum atomic E-state index is -3.93. The van der Waals surface area contributed by atoms with E-state index in [0.717, 1.165) is 13.2 Å². The average Bonchev–Trinajstić information content (AvgIpc) is 3.20. The van der Waals surface area contributed by atoms with Crippen molar-refractivity contribution in [3.05, 3.63) is 0 Å². The molecule has 3 aliphatic rings. The number of amides is 2. The molecule has 0 spiro atoms. The maximum Gasteiger partial charge on any atom is 0.410 e. The van der Waals surface area contributed by atoms with Crippen LogP contribution in [0.2, 0.25) is 0 Å². The Bertz CT molecular complexity index is 904. The Morgan fingerprint density at radius 3 is 2.53 bits per heavy atom. The van der Waals surface area contributed by atoms with E-state index in [1.54, 1.807) is 20.8 Å². The second-order valence-corrected chi connectivity index (χ2v) is 14.0. The predicted octanol–water partition coefficient (Wildman–Crippen LogP) is 1.66. The summed E-state index contributed by atoms with van der Waals surface area (Å²) in [7, 11) is -1.96. The normalized spacial score (nSPS) is 34.4. The molecule has 3 fully saturated rings. The molecule has 2 saturated heterocycles. The molecule has 3 N–H and O–H groups in total. The third-order valence-electron chi connectivity index (χ3n) is 7.38. The Morgan fingerprint density at radius 2 is 1.92 bits per heavy atom. The first-order valence-corrected chi connectivity index (χ1v) is 14.7. The van der Waals surface area contributed by atoms with Gasteiger partial charge in [0.05, 0.1) is 17.0 Å². The quantitative estimate of drug-likeness (QED) is 0.338. The van der Waals surface area contributed by atoms with E-state index in [0.29, 0.717) is 19.4 Å². The molecule has 36 heavy (non-hydrogen) atoms. The number of hydrogen-bond donors (Lipinski definition) is 3. The van der Waals surface area contributed by atoms with Crippen molar-refractivity contribution in [2.24, 2.45) is 23.7 Å². The van der Waals surface area contributed by atoms with Crippen LogP contribution in [-0.4, -0.2) is 92.5 Å². The number of piperidine rings is 1. The molecule has 7 unspecified atom stereocenters. The fraction of sp³-hybridized carbons (Fsp3) is 0.913. The third kappa shape index (κ3) is 7.89. The van der Waals surface area contributed by atoms with E-state index in [1.807, 2.05) is 14.0 Å². The number of nitrogens with zero attached hydrogens (tertiary/aromatic N) is 2. The zero-order chi connectivity index (χ0) is 26.8. The summed E-state index contributed by atoms with van der Waals surface area (Å²) in [5.74, 6) is -2.32. The predicted molar refractivity (Wildman–Crippen MR) is 135 cm³/mol. The van der Waals surface area contributed by atoms with E-state index in [-0.39, 0.29) is 42.5 Å². The number of halogens is 2. The van der Waals surface area contributed by atoms with Crippen LogP contribution < -0.4 is 15.6 Å². The molecular weight excluding hydrogens is 513 g/mol. The van der Waals surface area contributed by atoms with Gasteiger partial charge in [-0.05, 0) is 64.8 Å². The van der Waals surface area contributed by atoms with Crippen molar-refractivity contribution in [1.29, 1.82) is 0 Å². The first kappa shape index (κ1) is 29.3. The van der Waals surface area contributed by atoms with Crippen LogP contribution in [0.5, 0.6) is 0 Å². The van der Waals surface area contributed by atoms with E-state index >= 15 is 0 Å². The molecule has 2 heterocycles. The van der Waals surface area contributed by atoms with Gasteiger partial charge in [0.2, 0.25) is 15.9 Å². The van der Waals surface area contributed by atoms with Crippen LogP contribution in [-0.2, 0) is 19.6 Å². The summed E-state index contributed by atoms with van der Waals surface area (Å²) in [4.78, 5) is 31.0. The van der Waals surface area contributed by atoms with Gasteiger partial charge in [0.25, 0.3) is 0 Å². The van der Waals surface area contributed by atoms with Crippen LogP contribution >= 0.6 is 11.6 Å². The van der Waals surface area contributed by atoms with Crippen LogP contribution in [0.15, 0.2) is 0 Å². The van der Waals surface area contributed by atoms with Gasteiger partial charge in [-0.25, -0.2) is 17.6 Å². The molecule has 2 aliphatic heterocycles. The van der Waals surface area contributed by atoms with Gasteiger partial charge in [-0.15, -0.1) is 16.4 Å². The minimum absolute atomic E-state index is 0.0127. The zero-order valence-electron chi connectivity index (χ0n) is 21.8. The lowest BCUT2D eigenvalue weighted by molar-refractivity contribution is -0.129. The second kappa shape index (κ2) is 11.7. The number of sulfonamides is 1. The Morgan fingerprint density at radius 1 is 1.22 bits per heavy atom. The number of ether oxygens (including phenoxy) is 1. The number of hydrogen-bond acceptors (Lipinski definition) is 7. The number of hydrazine groups is 1. The van der Waals surface area contributed by atoms with Crippen molar-refractivity contribution in [2.75, 3.05) is 39.1 Å². The molecule has 0 aromatic carbocycles. The summed E-state index contributed by atoms with van der Waals surface area (Å²) < 4.78 is 45.9. The van der Waals surface area contributed by atoms with Gasteiger partial charge in [0.1, 0.15) is 11.8 Å². The highest BCUT2D eigenvalue weighted by Crippen LogP contribution is 2.37. The summed E-state index contributed by atoms with van der Waals surface area (Å²) in [6, 6.07) is 0.108. The lowest BCUT2D eigenvalue weighted by atomic mass is 9.76. The zero-order valence-corrected chi connectivity index (χ0v) is 23.4. The van der Waals surface area contributed by atoms with Crippen LogP contribution in [0.25, 0.3) is 0 Å². The molecule has 3 rings (SSSR count). The molecule has 1 aliphatic carbocycles. The summed E-state index contributed by atoms with van der Waals surface area (Å²) in [6.07, 6.45) is -0.657. The Balaban J connectivity index is 1.55. The summed E-state index contributed by atoms with van der Waals surface area (Å²) in [6.45, 7) is 9.49. The number of alkyl halides is 2. The van der Waals surface area contributed by atoms with Crippen molar-refractivity contribution in [3.8, 4) is 0 Å². The molecule has 10 nitrogen and oxygen atoms in total. The topological polar surface area (TPSA) is 120 Å². The first-order valence-electron chi connectivity index (χ1n) is 12.6. The van der Waals surface area contributed by atoms with Crippen LogP contribution in [0.4, 0.5) is 9.18 Å². The van der Waals surface area contributed by atoms with Crippen LogP contribution in [0, 0.1) is 23.7 Å². The highest BCUT2D eigenvalue weighted by Gasteiger charge is 2.44. The van der Waals surface area contributed by atoms with Crippen molar-refractivity contribution < 1.29 is 27.1 Å². The van der Waals surface area contributed by atoms with Gasteiger partial charge in [-0.1, -0.05) is 6.92 Å². The van der Waals surface area contributed by atoms with Gasteiger partial charge < -0.3 is 9.64 Å². The molecule has 2 amide bonds. The summed E-state index contributed by atoms with van der Waals surface area (Å²) in [5, 5.41) is 2.55. The molecule has 0 aromatic heterocycles. The fourth-order valence-electron chi connectivity index (χ4n) is 5.26. The first-order chi connectivity index (χ1) is 16.6. The lowest BCUT2D eigenvalue weighted by Crippen LogP contribution is -2.53. The van der Waals surface area contributed by atoms with Crippen LogP contribution in [0.1, 0.15) is 47.0 Å². The Kier molecular flexibility index (Phi) is 9.52. The number of nitrogens with one attached hydrogen (secondary N) is 3. The van der Waals surface area contributed by atoms with E-state index < -0.39 is 45.1 Å². The average molecular weight is 554 g/mol. The molecule has 13 heteroatoms. The molecule has 0 bridgehead atoms. The van der Waals surface area contributed by atoms with Crippen molar-refractivity contribution >= 4 is 33.6 Å². The van der Waals surface area contributed by atoms with Crippen molar-refractivity contribution in [2.45, 2.75) is 70.1 Å². The maximum atomic E-state index is 14.9. The van der Waals surface area contributed by atoms with Gasteiger partial charge >= 0.3 is 6.09 Å². The molecular formula is C23H41ClFN5O5S. The SMILES string of the molecule is CC1CCN(C(=O)OC(C)(C)C)CC1CS(=O)(=O)NNC(=O)C1CC(C2CN(C)CN2)CC(Cl)C1F. The second-order valence-electron chi connectivity index (χ2n) is 11.6. The number of likely N-dealkylation sites (tertiary alicyclic amines) is 1. The molecule has 208 valence electrons. The van der Waals surface area contributed by atoms with Crippen LogP contribution in [0.3, 0.4) is 0 Å². The van der Waals surface area contributed by atoms with Crippen molar-refractivity contribution in [1.82, 2.24) is 25.4 Å². The van der Waals surface area contributed by atoms with E-state index in [2.05, 4.69) is 20.5 Å². The number of rotatable bonds is 6. The molecule has 0 aromatic rings. The number of carbonyl (C=O) groups excluding carboxylic acids is 2. The maximum absolute atomic E-state index is 14.9. The number of likely N-dealkylation sites (N-methyl/N-ethyl adjacent to an activating group) is 1. The molecule has 0 radical (unpaired) electrons. The van der Waals surface area contributed by atoms with E-state index in [4.69, 9.17) is 16.3 Å². The third-order valence-corrected chi connectivity index (χ3v) is 9.08. The highest BCUT2D eigenvalue weighted by molar-refractivity contribution is 7.89. The minimum Gasteiger partial charge on any atom is -0.444 e. The smallest absolute Gasteiger partial charge is 0.410 e. The highest BCUT2D eigenvalue weighted by atomic mass is 35.5. The van der Waals surface area contributed by atoms with Gasteiger partial charge in [0, 0.05) is 32.3 Å². The Hall–Kier alpha value is -1.21.